The zero-order valence-corrected chi connectivity index (χ0v) is 10.1. The molecule has 13 heavy (non-hydrogen) atoms. The van der Waals surface area contributed by atoms with Crippen LogP contribution in [0.2, 0.25) is 0 Å². The van der Waals surface area contributed by atoms with Gasteiger partial charge in [0.25, 0.3) is 0 Å². The zero-order chi connectivity index (χ0) is 10.1. The second-order valence-electron chi connectivity index (χ2n) is 5.81. The van der Waals surface area contributed by atoms with Crippen LogP contribution < -0.4 is 0 Å². The molecule has 0 heterocycles. The molecular formula is C13H26. The SMILES string of the molecule is CC(C)C(C)(C)C(C)C1CCCC1. The maximum absolute atomic E-state index is 2.47. The minimum absolute atomic E-state index is 0.523. The molecule has 0 N–H and O–H groups in total. The van der Waals surface area contributed by atoms with E-state index in [0.29, 0.717) is 5.41 Å². The third-order valence-corrected chi connectivity index (χ3v) is 4.77. The second-order valence-corrected chi connectivity index (χ2v) is 5.81. The lowest BCUT2D eigenvalue weighted by Gasteiger charge is -2.39. The first-order valence-corrected chi connectivity index (χ1v) is 5.96. The summed E-state index contributed by atoms with van der Waals surface area (Å²) >= 11 is 0. The van der Waals surface area contributed by atoms with Gasteiger partial charge in [0.2, 0.25) is 0 Å². The van der Waals surface area contributed by atoms with E-state index in [1.54, 1.807) is 0 Å². The van der Waals surface area contributed by atoms with E-state index in [1.807, 2.05) is 0 Å². The molecule has 1 aliphatic carbocycles. The standard InChI is InChI=1S/C13H26/c1-10(2)13(4,5)11(3)12-8-6-7-9-12/h10-12H,6-9H2,1-5H3. The van der Waals surface area contributed by atoms with Gasteiger partial charge in [-0.25, -0.2) is 0 Å². The number of rotatable bonds is 3. The fourth-order valence-corrected chi connectivity index (χ4v) is 2.59. The van der Waals surface area contributed by atoms with Crippen LogP contribution in [0, 0.1) is 23.2 Å². The van der Waals surface area contributed by atoms with Crippen molar-refractivity contribution in [1.82, 2.24) is 0 Å². The van der Waals surface area contributed by atoms with E-state index in [1.165, 1.54) is 25.7 Å². The van der Waals surface area contributed by atoms with Crippen molar-refractivity contribution >= 4 is 0 Å². The molecule has 0 amide bonds. The third-order valence-electron chi connectivity index (χ3n) is 4.77. The molecule has 1 saturated carbocycles. The molecule has 0 aromatic rings. The van der Waals surface area contributed by atoms with Crippen molar-refractivity contribution in [3.8, 4) is 0 Å². The van der Waals surface area contributed by atoms with Crippen LogP contribution in [0.25, 0.3) is 0 Å². The van der Waals surface area contributed by atoms with Crippen LogP contribution in [-0.2, 0) is 0 Å². The van der Waals surface area contributed by atoms with Gasteiger partial charge < -0.3 is 0 Å². The molecule has 1 fully saturated rings. The van der Waals surface area contributed by atoms with E-state index in [9.17, 15) is 0 Å². The number of hydrogen-bond donors (Lipinski definition) is 0. The van der Waals surface area contributed by atoms with Crippen LogP contribution in [-0.4, -0.2) is 0 Å². The molecule has 0 radical (unpaired) electrons. The Labute approximate surface area is 84.1 Å². The summed E-state index contributed by atoms with van der Waals surface area (Å²) in [6.07, 6.45) is 5.92. The molecule has 0 aromatic carbocycles. The molecule has 0 spiro atoms. The van der Waals surface area contributed by atoms with E-state index < -0.39 is 0 Å². The Bertz CT molecular complexity index is 149. The lowest BCUT2D eigenvalue weighted by Crippen LogP contribution is -2.31. The molecule has 0 heteroatoms. The van der Waals surface area contributed by atoms with E-state index in [0.717, 1.165) is 17.8 Å². The van der Waals surface area contributed by atoms with E-state index >= 15 is 0 Å². The van der Waals surface area contributed by atoms with Crippen molar-refractivity contribution < 1.29 is 0 Å². The van der Waals surface area contributed by atoms with Gasteiger partial charge in [0.05, 0.1) is 0 Å². The first-order chi connectivity index (χ1) is 5.96. The maximum Gasteiger partial charge on any atom is -0.0303 e. The van der Waals surface area contributed by atoms with Crippen molar-refractivity contribution in [1.29, 1.82) is 0 Å². The average Bonchev–Trinajstić information content (AvgIpc) is 2.54. The Hall–Kier alpha value is 0. The predicted octanol–water partition coefficient (Wildman–Crippen LogP) is 4.49. The fraction of sp³-hybridized carbons (Fsp3) is 1.00. The molecule has 0 aliphatic heterocycles. The van der Waals surface area contributed by atoms with Crippen LogP contribution in [0.4, 0.5) is 0 Å². The van der Waals surface area contributed by atoms with Gasteiger partial charge in [-0.05, 0) is 23.2 Å². The monoisotopic (exact) mass is 182 g/mol. The highest BCUT2D eigenvalue weighted by Gasteiger charge is 2.35. The maximum atomic E-state index is 2.47. The average molecular weight is 182 g/mol. The molecule has 1 atom stereocenters. The normalized spacial score (nSPS) is 22.6. The Balaban J connectivity index is 2.58. The fourth-order valence-electron chi connectivity index (χ4n) is 2.59. The summed E-state index contributed by atoms with van der Waals surface area (Å²) in [7, 11) is 0. The largest absolute Gasteiger partial charge is 0.0623 e. The summed E-state index contributed by atoms with van der Waals surface area (Å²) in [6.45, 7) is 12.1. The lowest BCUT2D eigenvalue weighted by molar-refractivity contribution is 0.101. The van der Waals surface area contributed by atoms with Gasteiger partial charge in [0, 0.05) is 0 Å². The first-order valence-electron chi connectivity index (χ1n) is 5.96. The highest BCUT2D eigenvalue weighted by molar-refractivity contribution is 4.85. The van der Waals surface area contributed by atoms with Crippen LogP contribution in [0.1, 0.15) is 60.3 Å². The van der Waals surface area contributed by atoms with Crippen LogP contribution in [0.3, 0.4) is 0 Å². The van der Waals surface area contributed by atoms with Gasteiger partial charge in [-0.2, -0.15) is 0 Å². The quantitative estimate of drug-likeness (QED) is 0.603. The highest BCUT2D eigenvalue weighted by Crippen LogP contribution is 2.44. The van der Waals surface area contributed by atoms with Crippen LogP contribution in [0.15, 0.2) is 0 Å². The molecule has 1 unspecified atom stereocenters. The van der Waals surface area contributed by atoms with E-state index in [4.69, 9.17) is 0 Å². The van der Waals surface area contributed by atoms with Crippen LogP contribution in [0.5, 0.6) is 0 Å². The number of hydrogen-bond acceptors (Lipinski definition) is 0. The predicted molar refractivity (Wildman–Crippen MR) is 59.7 cm³/mol. The van der Waals surface area contributed by atoms with E-state index in [-0.39, 0.29) is 0 Å². The molecule has 0 saturated heterocycles. The summed E-state index contributed by atoms with van der Waals surface area (Å²) in [4.78, 5) is 0. The van der Waals surface area contributed by atoms with Crippen molar-refractivity contribution in [2.24, 2.45) is 23.2 Å². The molecule has 78 valence electrons. The van der Waals surface area contributed by atoms with Crippen molar-refractivity contribution in [3.05, 3.63) is 0 Å². The Kier molecular flexibility index (Phi) is 3.43. The second kappa shape index (κ2) is 4.02. The summed E-state index contributed by atoms with van der Waals surface area (Å²) < 4.78 is 0. The molecule has 1 aliphatic rings. The topological polar surface area (TPSA) is 0 Å². The Morgan fingerprint density at radius 2 is 1.46 bits per heavy atom. The van der Waals surface area contributed by atoms with Gasteiger partial charge in [-0.1, -0.05) is 60.3 Å². The molecule has 0 bridgehead atoms. The van der Waals surface area contributed by atoms with Crippen molar-refractivity contribution in [2.45, 2.75) is 60.3 Å². The van der Waals surface area contributed by atoms with Crippen LogP contribution >= 0.6 is 0 Å². The molecule has 1 rings (SSSR count). The molecular weight excluding hydrogens is 156 g/mol. The van der Waals surface area contributed by atoms with Gasteiger partial charge in [0.1, 0.15) is 0 Å². The van der Waals surface area contributed by atoms with Crippen molar-refractivity contribution in [2.75, 3.05) is 0 Å². The molecule has 0 aromatic heterocycles. The third kappa shape index (κ3) is 2.27. The smallest absolute Gasteiger partial charge is 0.0303 e. The minimum atomic E-state index is 0.523. The van der Waals surface area contributed by atoms with Gasteiger partial charge in [-0.3, -0.25) is 0 Å². The zero-order valence-electron chi connectivity index (χ0n) is 10.1. The van der Waals surface area contributed by atoms with Crippen molar-refractivity contribution in [3.63, 3.8) is 0 Å². The van der Waals surface area contributed by atoms with Gasteiger partial charge in [-0.15, -0.1) is 0 Å². The lowest BCUT2D eigenvalue weighted by atomic mass is 9.66. The summed E-state index contributed by atoms with van der Waals surface area (Å²) in [5.41, 5.74) is 0.523. The Morgan fingerprint density at radius 3 is 1.85 bits per heavy atom. The summed E-state index contributed by atoms with van der Waals surface area (Å²) in [5, 5.41) is 0. The first kappa shape index (κ1) is 11.1. The Morgan fingerprint density at radius 1 is 1.00 bits per heavy atom. The summed E-state index contributed by atoms with van der Waals surface area (Å²) in [6, 6.07) is 0. The summed E-state index contributed by atoms with van der Waals surface area (Å²) in [5.74, 6) is 2.72. The van der Waals surface area contributed by atoms with Gasteiger partial charge in [0.15, 0.2) is 0 Å². The van der Waals surface area contributed by atoms with Gasteiger partial charge >= 0.3 is 0 Å². The van der Waals surface area contributed by atoms with E-state index in [2.05, 4.69) is 34.6 Å². The molecule has 0 nitrogen and oxygen atoms in total. The highest BCUT2D eigenvalue weighted by atomic mass is 14.4. The minimum Gasteiger partial charge on any atom is -0.0623 e.